The minimum atomic E-state index is -0.560. The number of fused-ring (bicyclic) bond motifs is 10. The van der Waals surface area contributed by atoms with E-state index in [0.717, 1.165) is 55.6 Å². The Morgan fingerprint density at radius 2 is 0.603 bits per heavy atom. The van der Waals surface area contributed by atoms with Crippen LogP contribution in [0.25, 0.3) is 102 Å². The summed E-state index contributed by atoms with van der Waals surface area (Å²) >= 11 is 0. The van der Waals surface area contributed by atoms with Crippen LogP contribution in [0.1, 0.15) is 28.2 Å². The molecule has 1 spiro atoms. The van der Waals surface area contributed by atoms with E-state index in [1.807, 2.05) is 48.5 Å². The molecule has 0 saturated heterocycles. The fourth-order valence-corrected chi connectivity index (χ4v) is 11.5. The molecule has 6 nitrogen and oxygen atoms in total. The lowest BCUT2D eigenvalue weighted by Gasteiger charge is -2.36. The van der Waals surface area contributed by atoms with Crippen LogP contribution >= 0.6 is 0 Å². The zero-order chi connectivity index (χ0) is 48.3. The predicted octanol–water partition coefficient (Wildman–Crippen LogP) is 15.5. The summed E-state index contributed by atoms with van der Waals surface area (Å²) in [7, 11) is 0. The molecule has 11 aromatic rings. The van der Waals surface area contributed by atoms with E-state index in [1.54, 1.807) is 0 Å². The number of rotatable bonds is 8. The molecule has 9 aromatic carbocycles. The maximum Gasteiger partial charge on any atom is 0.164 e. The van der Waals surface area contributed by atoms with Crippen molar-refractivity contribution in [3.8, 4) is 102 Å². The molecule has 0 amide bonds. The third-order valence-electron chi connectivity index (χ3n) is 14.9. The van der Waals surface area contributed by atoms with Gasteiger partial charge in [-0.25, -0.2) is 29.9 Å². The fourth-order valence-electron chi connectivity index (χ4n) is 11.5. The van der Waals surface area contributed by atoms with E-state index in [4.69, 9.17) is 29.9 Å². The van der Waals surface area contributed by atoms with Crippen molar-refractivity contribution in [2.24, 2.45) is 5.92 Å². The molecule has 73 heavy (non-hydrogen) atoms. The standard InChI is InChI=1S/C67H44N6/c1-5-17-43(18-6-1)45-29-33-49(34-30-45)63-68-61(47-21-9-3-10-22-47)70-65(72-63)51-37-39-55-53-25-13-15-27-57(53)67(59(55)41-51)58-28-16-14-26-54(58)56-40-38-52(42-60(56)67)66-71-62(48-23-11-4-12-24-48)69-64(73-66)50-35-31-46(32-36-50)44-19-7-2-8-20-44/h1-42,53,57H. The van der Waals surface area contributed by atoms with Gasteiger partial charge in [0.2, 0.25) is 0 Å². The average molecular weight is 933 g/mol. The molecule has 0 radical (unpaired) electrons. The Labute approximate surface area is 423 Å². The van der Waals surface area contributed by atoms with Crippen LogP contribution in [0.4, 0.5) is 0 Å². The van der Waals surface area contributed by atoms with Crippen molar-refractivity contribution >= 4 is 0 Å². The van der Waals surface area contributed by atoms with Crippen molar-refractivity contribution in [3.63, 3.8) is 0 Å². The Balaban J connectivity index is 0.937. The lowest BCUT2D eigenvalue weighted by molar-refractivity contribution is 0.465. The molecule has 0 N–H and O–H groups in total. The molecule has 2 heterocycles. The van der Waals surface area contributed by atoms with Gasteiger partial charge in [0.15, 0.2) is 34.9 Å². The molecule has 0 fully saturated rings. The first-order valence-corrected chi connectivity index (χ1v) is 24.8. The lowest BCUT2D eigenvalue weighted by atomic mass is 9.65. The number of hydrogen-bond acceptors (Lipinski definition) is 6. The molecular weight excluding hydrogens is 889 g/mol. The highest BCUT2D eigenvalue weighted by molar-refractivity contribution is 5.88. The molecule has 3 atom stereocenters. The first-order chi connectivity index (χ1) is 36.2. The molecule has 0 bridgehead atoms. The molecule has 0 saturated carbocycles. The van der Waals surface area contributed by atoms with E-state index in [1.165, 1.54) is 33.4 Å². The van der Waals surface area contributed by atoms with Gasteiger partial charge in [-0.15, -0.1) is 0 Å². The van der Waals surface area contributed by atoms with Crippen LogP contribution in [0.3, 0.4) is 0 Å². The van der Waals surface area contributed by atoms with Gasteiger partial charge >= 0.3 is 0 Å². The molecular formula is C67H44N6. The Hall–Kier alpha value is -9.52. The van der Waals surface area contributed by atoms with Crippen LogP contribution in [0.2, 0.25) is 0 Å². The third-order valence-corrected chi connectivity index (χ3v) is 14.9. The highest BCUT2D eigenvalue weighted by Crippen LogP contribution is 2.65. The maximum atomic E-state index is 5.29. The van der Waals surface area contributed by atoms with Gasteiger partial charge in [-0.2, -0.15) is 0 Å². The zero-order valence-electron chi connectivity index (χ0n) is 39.6. The predicted molar refractivity (Wildman–Crippen MR) is 293 cm³/mol. The SMILES string of the molecule is C1=CC2c3ccc(-c4nc(-c5ccccc5)nc(-c5ccc(-c6ccccc6)cc5)n4)cc3C3(c4ccccc4-c4ccc(-c5nc(-c6ccccc6)nc(-c6ccc(-c7ccccc7)cc6)n5)cc43)C2C=C1. The van der Waals surface area contributed by atoms with Crippen LogP contribution in [-0.4, -0.2) is 29.9 Å². The Kier molecular flexibility index (Phi) is 10.1. The number of nitrogens with zero attached hydrogens (tertiary/aromatic N) is 6. The molecule has 6 heteroatoms. The molecule has 0 aliphatic heterocycles. The molecule has 3 aliphatic carbocycles. The first-order valence-electron chi connectivity index (χ1n) is 24.8. The lowest BCUT2D eigenvalue weighted by Crippen LogP contribution is -2.33. The van der Waals surface area contributed by atoms with Crippen LogP contribution in [0.5, 0.6) is 0 Å². The number of aromatic nitrogens is 6. The Morgan fingerprint density at radius 3 is 1.11 bits per heavy atom. The van der Waals surface area contributed by atoms with Gasteiger partial charge in [0.05, 0.1) is 5.41 Å². The molecule has 3 aliphatic rings. The van der Waals surface area contributed by atoms with E-state index in [9.17, 15) is 0 Å². The van der Waals surface area contributed by atoms with E-state index in [0.29, 0.717) is 34.9 Å². The van der Waals surface area contributed by atoms with Crippen LogP contribution in [0.15, 0.2) is 255 Å². The molecule has 342 valence electrons. The van der Waals surface area contributed by atoms with Crippen molar-refractivity contribution in [2.75, 3.05) is 0 Å². The summed E-state index contributed by atoms with van der Waals surface area (Å²) in [6.45, 7) is 0. The van der Waals surface area contributed by atoms with Gasteiger partial charge in [0.1, 0.15) is 0 Å². The summed E-state index contributed by atoms with van der Waals surface area (Å²) in [6, 6.07) is 81.0. The smallest absolute Gasteiger partial charge is 0.164 e. The van der Waals surface area contributed by atoms with Crippen LogP contribution in [-0.2, 0) is 5.41 Å². The van der Waals surface area contributed by atoms with Crippen molar-refractivity contribution < 1.29 is 0 Å². The van der Waals surface area contributed by atoms with Crippen molar-refractivity contribution in [3.05, 3.63) is 277 Å². The zero-order valence-corrected chi connectivity index (χ0v) is 39.6. The number of allylic oxidation sites excluding steroid dienone is 4. The average Bonchev–Trinajstić information content (AvgIpc) is 3.95. The summed E-state index contributed by atoms with van der Waals surface area (Å²) < 4.78 is 0. The van der Waals surface area contributed by atoms with Crippen molar-refractivity contribution in [2.45, 2.75) is 11.3 Å². The van der Waals surface area contributed by atoms with E-state index >= 15 is 0 Å². The minimum absolute atomic E-state index is 0.0919. The van der Waals surface area contributed by atoms with Gasteiger partial charge in [-0.3, -0.25) is 0 Å². The maximum absolute atomic E-state index is 5.29. The van der Waals surface area contributed by atoms with Crippen LogP contribution < -0.4 is 0 Å². The van der Waals surface area contributed by atoms with E-state index < -0.39 is 5.41 Å². The van der Waals surface area contributed by atoms with Crippen LogP contribution in [0, 0.1) is 5.92 Å². The Morgan fingerprint density at radius 1 is 0.260 bits per heavy atom. The quantitative estimate of drug-likeness (QED) is 0.151. The van der Waals surface area contributed by atoms with E-state index in [2.05, 4.69) is 206 Å². The Bertz CT molecular complexity index is 3950. The molecule has 2 aromatic heterocycles. The summed E-state index contributed by atoms with van der Waals surface area (Å²) in [5.41, 5.74) is 17.1. The van der Waals surface area contributed by atoms with Gasteiger partial charge in [-0.05, 0) is 67.8 Å². The minimum Gasteiger partial charge on any atom is -0.208 e. The summed E-state index contributed by atoms with van der Waals surface area (Å²) in [5, 5.41) is 0. The van der Waals surface area contributed by atoms with Gasteiger partial charge in [0, 0.05) is 45.2 Å². The number of benzene rings is 9. The fraction of sp³-hybridized carbons (Fsp3) is 0.0448. The summed E-state index contributed by atoms with van der Waals surface area (Å²) in [5.74, 6) is 3.97. The van der Waals surface area contributed by atoms with Gasteiger partial charge in [-0.1, -0.05) is 243 Å². The molecule has 14 rings (SSSR count). The topological polar surface area (TPSA) is 77.3 Å². The number of hydrogen-bond donors (Lipinski definition) is 0. The van der Waals surface area contributed by atoms with Gasteiger partial charge < -0.3 is 0 Å². The highest BCUT2D eigenvalue weighted by atomic mass is 15.0. The summed E-state index contributed by atoms with van der Waals surface area (Å²) in [4.78, 5) is 31.3. The largest absolute Gasteiger partial charge is 0.208 e. The third kappa shape index (κ3) is 7.17. The molecule has 3 unspecified atom stereocenters. The monoisotopic (exact) mass is 932 g/mol. The van der Waals surface area contributed by atoms with E-state index in [-0.39, 0.29) is 11.8 Å². The second-order valence-corrected chi connectivity index (χ2v) is 19.0. The van der Waals surface area contributed by atoms with Gasteiger partial charge in [0.25, 0.3) is 0 Å². The first kappa shape index (κ1) is 42.4. The second kappa shape index (κ2) is 17.4. The second-order valence-electron chi connectivity index (χ2n) is 19.0. The highest BCUT2D eigenvalue weighted by Gasteiger charge is 2.57. The van der Waals surface area contributed by atoms with Crippen molar-refractivity contribution in [1.82, 2.24) is 29.9 Å². The summed E-state index contributed by atoms with van der Waals surface area (Å²) in [6.07, 6.45) is 9.22. The van der Waals surface area contributed by atoms with Crippen molar-refractivity contribution in [1.29, 1.82) is 0 Å². The normalized spacial score (nSPS) is 16.7.